The molecule has 4 heteroatoms. The minimum Gasteiger partial charge on any atom is -0.444 e. The molecule has 3 nitrogen and oxygen atoms in total. The number of ether oxygens (including phenoxy) is 1. The van der Waals surface area contributed by atoms with Crippen molar-refractivity contribution in [3.8, 4) is 11.8 Å². The van der Waals surface area contributed by atoms with Gasteiger partial charge in [-0.25, -0.2) is 4.79 Å². The van der Waals surface area contributed by atoms with Crippen LogP contribution in [0.5, 0.6) is 0 Å². The number of benzene rings is 1. The molecule has 0 saturated heterocycles. The number of nitrogens with one attached hydrogen (secondary N) is 1. The van der Waals surface area contributed by atoms with Crippen LogP contribution in [-0.4, -0.2) is 18.2 Å². The van der Waals surface area contributed by atoms with E-state index >= 15 is 0 Å². The van der Waals surface area contributed by atoms with Crippen molar-refractivity contribution in [2.75, 3.05) is 6.54 Å². The molecule has 0 unspecified atom stereocenters. The van der Waals surface area contributed by atoms with E-state index in [9.17, 15) is 4.79 Å². The summed E-state index contributed by atoms with van der Waals surface area (Å²) in [6.07, 6.45) is 0.142. The molecule has 0 fully saturated rings. The first-order chi connectivity index (χ1) is 9.28. The summed E-state index contributed by atoms with van der Waals surface area (Å²) in [6, 6.07) is 5.61. The number of carbonyl (C=O) groups is 1. The third kappa shape index (κ3) is 6.49. The van der Waals surface area contributed by atoms with E-state index < -0.39 is 11.7 Å². The second-order valence-corrected chi connectivity index (χ2v) is 5.88. The van der Waals surface area contributed by atoms with Gasteiger partial charge in [0.05, 0.1) is 0 Å². The molecule has 0 bridgehead atoms. The Hall–Kier alpha value is -1.66. The SMILES string of the molecule is Cc1ccc(Cl)cc1C#CCCNC(=O)OC(C)(C)C. The first-order valence-electron chi connectivity index (χ1n) is 6.50. The second-order valence-electron chi connectivity index (χ2n) is 5.44. The fourth-order valence-corrected chi connectivity index (χ4v) is 1.60. The van der Waals surface area contributed by atoms with Crippen molar-refractivity contribution in [1.82, 2.24) is 5.32 Å². The number of hydrogen-bond acceptors (Lipinski definition) is 2. The van der Waals surface area contributed by atoms with Crippen molar-refractivity contribution >= 4 is 17.7 Å². The molecule has 1 aromatic rings. The van der Waals surface area contributed by atoms with Crippen molar-refractivity contribution in [3.63, 3.8) is 0 Å². The quantitative estimate of drug-likeness (QED) is 0.663. The zero-order chi connectivity index (χ0) is 15.2. The van der Waals surface area contributed by atoms with E-state index in [2.05, 4.69) is 17.2 Å². The van der Waals surface area contributed by atoms with Crippen LogP contribution >= 0.6 is 11.6 Å². The van der Waals surface area contributed by atoms with Crippen LogP contribution < -0.4 is 5.32 Å². The van der Waals surface area contributed by atoms with E-state index in [0.29, 0.717) is 18.0 Å². The van der Waals surface area contributed by atoms with Gasteiger partial charge in [-0.2, -0.15) is 0 Å². The smallest absolute Gasteiger partial charge is 0.407 e. The molecule has 0 aliphatic heterocycles. The highest BCUT2D eigenvalue weighted by molar-refractivity contribution is 6.30. The van der Waals surface area contributed by atoms with Crippen LogP contribution in [0.25, 0.3) is 0 Å². The number of hydrogen-bond donors (Lipinski definition) is 1. The van der Waals surface area contributed by atoms with Gasteiger partial charge in [0.15, 0.2) is 0 Å². The summed E-state index contributed by atoms with van der Waals surface area (Å²) >= 11 is 5.92. The highest BCUT2D eigenvalue weighted by atomic mass is 35.5. The fourth-order valence-electron chi connectivity index (χ4n) is 1.43. The lowest BCUT2D eigenvalue weighted by Crippen LogP contribution is -2.32. The topological polar surface area (TPSA) is 38.3 Å². The molecule has 0 aliphatic rings. The van der Waals surface area contributed by atoms with E-state index in [4.69, 9.17) is 16.3 Å². The molecule has 1 N–H and O–H groups in total. The van der Waals surface area contributed by atoms with Crippen molar-refractivity contribution in [1.29, 1.82) is 0 Å². The summed E-state index contributed by atoms with van der Waals surface area (Å²) in [7, 11) is 0. The number of aryl methyl sites for hydroxylation is 1. The second kappa shape index (κ2) is 7.21. The number of alkyl carbamates (subject to hydrolysis) is 1. The van der Waals surface area contributed by atoms with Gasteiger partial charge in [0.1, 0.15) is 5.60 Å². The fraction of sp³-hybridized carbons (Fsp3) is 0.438. The standard InChI is InChI=1S/C16H20ClNO2/c1-12-8-9-14(17)11-13(12)7-5-6-10-18-15(19)20-16(2,3)4/h8-9,11H,6,10H2,1-4H3,(H,18,19). The molecule has 0 atom stereocenters. The lowest BCUT2D eigenvalue weighted by molar-refractivity contribution is 0.0529. The maximum absolute atomic E-state index is 11.4. The molecule has 1 amide bonds. The van der Waals surface area contributed by atoms with Gasteiger partial charge < -0.3 is 10.1 Å². The highest BCUT2D eigenvalue weighted by Crippen LogP contribution is 2.14. The van der Waals surface area contributed by atoms with Crippen molar-refractivity contribution in [2.24, 2.45) is 0 Å². The van der Waals surface area contributed by atoms with Crippen LogP contribution in [0, 0.1) is 18.8 Å². The Bertz CT molecular complexity index is 536. The molecular weight excluding hydrogens is 274 g/mol. The predicted molar refractivity (Wildman–Crippen MR) is 81.9 cm³/mol. The Labute approximate surface area is 125 Å². The van der Waals surface area contributed by atoms with Gasteiger partial charge in [0.25, 0.3) is 0 Å². The number of rotatable bonds is 2. The molecule has 1 aromatic carbocycles. The van der Waals surface area contributed by atoms with E-state index in [1.807, 2.05) is 45.9 Å². The predicted octanol–water partition coefficient (Wildman–Crippen LogP) is 3.91. The maximum atomic E-state index is 11.4. The summed E-state index contributed by atoms with van der Waals surface area (Å²) in [5.74, 6) is 6.06. The first-order valence-corrected chi connectivity index (χ1v) is 6.87. The Balaban J connectivity index is 2.40. The van der Waals surface area contributed by atoms with Crippen LogP contribution in [0.3, 0.4) is 0 Å². The number of halogens is 1. The average molecular weight is 294 g/mol. The summed E-state index contributed by atoms with van der Waals surface area (Å²) < 4.78 is 5.12. The number of carbonyl (C=O) groups excluding carboxylic acids is 1. The summed E-state index contributed by atoms with van der Waals surface area (Å²) in [5, 5.41) is 3.33. The van der Waals surface area contributed by atoms with Gasteiger partial charge in [0.2, 0.25) is 0 Å². The first kappa shape index (κ1) is 16.4. The van der Waals surface area contributed by atoms with Crippen molar-refractivity contribution < 1.29 is 9.53 Å². The largest absolute Gasteiger partial charge is 0.444 e. The normalized spacial score (nSPS) is 10.4. The molecule has 0 heterocycles. The Morgan fingerprint density at radius 3 is 2.75 bits per heavy atom. The van der Waals surface area contributed by atoms with E-state index in [0.717, 1.165) is 11.1 Å². The van der Waals surface area contributed by atoms with Crippen LogP contribution in [0.4, 0.5) is 4.79 Å². The highest BCUT2D eigenvalue weighted by Gasteiger charge is 2.15. The molecule has 20 heavy (non-hydrogen) atoms. The molecule has 108 valence electrons. The van der Waals surface area contributed by atoms with Crippen LogP contribution in [0.15, 0.2) is 18.2 Å². The van der Waals surface area contributed by atoms with Crippen LogP contribution in [0.1, 0.15) is 38.3 Å². The van der Waals surface area contributed by atoms with Crippen molar-refractivity contribution in [3.05, 3.63) is 34.3 Å². The third-order valence-electron chi connectivity index (χ3n) is 2.34. The molecule has 0 spiro atoms. The summed E-state index contributed by atoms with van der Waals surface area (Å²) in [4.78, 5) is 11.4. The van der Waals surface area contributed by atoms with E-state index in [-0.39, 0.29) is 0 Å². The van der Waals surface area contributed by atoms with Gasteiger partial charge in [0, 0.05) is 23.6 Å². The summed E-state index contributed by atoms with van der Waals surface area (Å²) in [6.45, 7) is 7.93. The average Bonchev–Trinajstić information content (AvgIpc) is 2.30. The number of amides is 1. The van der Waals surface area contributed by atoms with Crippen LogP contribution in [-0.2, 0) is 4.74 Å². The minimum atomic E-state index is -0.479. The van der Waals surface area contributed by atoms with E-state index in [1.165, 1.54) is 0 Å². The molecular formula is C16H20ClNO2. The zero-order valence-corrected chi connectivity index (χ0v) is 13.1. The van der Waals surface area contributed by atoms with Crippen LogP contribution in [0.2, 0.25) is 5.02 Å². The maximum Gasteiger partial charge on any atom is 0.407 e. The van der Waals surface area contributed by atoms with Gasteiger partial charge in [-0.15, -0.1) is 0 Å². The zero-order valence-electron chi connectivity index (χ0n) is 12.3. The lowest BCUT2D eigenvalue weighted by Gasteiger charge is -2.19. The Morgan fingerprint density at radius 2 is 2.10 bits per heavy atom. The Kier molecular flexibility index (Phi) is 5.91. The molecule has 0 aliphatic carbocycles. The third-order valence-corrected chi connectivity index (χ3v) is 2.58. The monoisotopic (exact) mass is 293 g/mol. The molecule has 1 rings (SSSR count). The summed E-state index contributed by atoms with van der Waals surface area (Å²) in [5.41, 5.74) is 1.52. The minimum absolute atomic E-state index is 0.418. The molecule has 0 saturated carbocycles. The van der Waals surface area contributed by atoms with Gasteiger partial charge >= 0.3 is 6.09 Å². The Morgan fingerprint density at radius 1 is 1.40 bits per heavy atom. The molecule has 0 radical (unpaired) electrons. The van der Waals surface area contributed by atoms with E-state index in [1.54, 1.807) is 0 Å². The van der Waals surface area contributed by atoms with Gasteiger partial charge in [-0.05, 0) is 45.4 Å². The lowest BCUT2D eigenvalue weighted by atomic mass is 10.1. The van der Waals surface area contributed by atoms with Gasteiger partial charge in [-0.1, -0.05) is 29.5 Å². The van der Waals surface area contributed by atoms with Crippen molar-refractivity contribution in [2.45, 2.75) is 39.7 Å². The van der Waals surface area contributed by atoms with Gasteiger partial charge in [-0.3, -0.25) is 0 Å². The molecule has 0 aromatic heterocycles.